The van der Waals surface area contributed by atoms with Crippen molar-refractivity contribution in [3.63, 3.8) is 0 Å². The number of imidazole rings is 1. The molecule has 2 aliphatic heterocycles. The maximum absolute atomic E-state index is 15.2. The van der Waals surface area contributed by atoms with Crippen LogP contribution in [-0.2, 0) is 0 Å². The summed E-state index contributed by atoms with van der Waals surface area (Å²) < 4.78 is 17.0. The number of phenolic OH excluding ortho intramolecular Hbond substituents is 1. The smallest absolute Gasteiger partial charge is 0.151 e. The summed E-state index contributed by atoms with van der Waals surface area (Å²) in [5, 5.41) is 22.7. The van der Waals surface area contributed by atoms with Crippen molar-refractivity contribution in [2.45, 2.75) is 56.4 Å². The number of aromatic hydroxyl groups is 1. The summed E-state index contributed by atoms with van der Waals surface area (Å²) in [7, 11) is 1.89. The van der Waals surface area contributed by atoms with Crippen molar-refractivity contribution in [3.8, 4) is 22.7 Å². The Morgan fingerprint density at radius 1 is 1.26 bits per heavy atom. The first-order chi connectivity index (χ1) is 14.9. The maximum atomic E-state index is 15.2. The molecule has 5 rings (SSSR count). The number of halogens is 1. The number of hydrogen-bond donors (Lipinski definition) is 2. The van der Waals surface area contributed by atoms with Gasteiger partial charge in [0, 0.05) is 42.7 Å². The van der Waals surface area contributed by atoms with E-state index in [2.05, 4.69) is 27.4 Å². The molecule has 31 heavy (non-hydrogen) atoms. The van der Waals surface area contributed by atoms with Gasteiger partial charge in [0.15, 0.2) is 5.82 Å². The molecule has 0 spiro atoms. The molecule has 2 fully saturated rings. The number of benzene rings is 1. The fourth-order valence-electron chi connectivity index (χ4n) is 5.03. The van der Waals surface area contributed by atoms with Crippen LogP contribution in [-0.4, -0.2) is 55.7 Å². The van der Waals surface area contributed by atoms with E-state index in [4.69, 9.17) is 0 Å². The van der Waals surface area contributed by atoms with Crippen molar-refractivity contribution in [1.29, 1.82) is 0 Å². The molecule has 2 aromatic heterocycles. The summed E-state index contributed by atoms with van der Waals surface area (Å²) in [5.41, 5.74) is 1.94. The molecule has 7 nitrogen and oxygen atoms in total. The van der Waals surface area contributed by atoms with Gasteiger partial charge in [-0.2, -0.15) is 0 Å². The lowest BCUT2D eigenvalue weighted by Gasteiger charge is -2.51. The molecular formula is C23H27FN6O. The van der Waals surface area contributed by atoms with Crippen LogP contribution in [0.2, 0.25) is 0 Å². The van der Waals surface area contributed by atoms with Crippen molar-refractivity contribution in [2.75, 3.05) is 11.9 Å². The van der Waals surface area contributed by atoms with Crippen molar-refractivity contribution >= 4 is 5.82 Å². The number of hydrogen-bond acceptors (Lipinski definition) is 6. The quantitative estimate of drug-likeness (QED) is 0.670. The highest BCUT2D eigenvalue weighted by atomic mass is 19.1. The first-order valence-electron chi connectivity index (χ1n) is 10.7. The third-order valence-corrected chi connectivity index (χ3v) is 6.76. The molecular weight excluding hydrogens is 395 g/mol. The predicted octanol–water partition coefficient (Wildman–Crippen LogP) is 3.48. The zero-order chi connectivity index (χ0) is 21.6. The number of rotatable bonds is 4. The number of piperidine rings is 2. The Morgan fingerprint density at radius 2 is 2.13 bits per heavy atom. The zero-order valence-corrected chi connectivity index (χ0v) is 17.7. The topological polar surface area (TPSA) is 79.1 Å². The van der Waals surface area contributed by atoms with E-state index >= 15 is 4.39 Å². The van der Waals surface area contributed by atoms with Gasteiger partial charge >= 0.3 is 0 Å². The third kappa shape index (κ3) is 3.65. The molecule has 4 heterocycles. The number of alkyl halides is 1. The lowest BCUT2D eigenvalue weighted by atomic mass is 9.74. The van der Waals surface area contributed by atoms with Gasteiger partial charge in [0.05, 0.1) is 23.8 Å². The molecule has 2 aliphatic rings. The lowest BCUT2D eigenvalue weighted by molar-refractivity contribution is 0.0607. The lowest BCUT2D eigenvalue weighted by Crippen LogP contribution is -2.66. The highest BCUT2D eigenvalue weighted by Gasteiger charge is 2.47. The van der Waals surface area contributed by atoms with Gasteiger partial charge in [-0.25, -0.2) is 9.37 Å². The van der Waals surface area contributed by atoms with Gasteiger partial charge in [-0.05, 0) is 56.9 Å². The summed E-state index contributed by atoms with van der Waals surface area (Å²) >= 11 is 0. The molecule has 3 aromatic rings. The molecule has 0 aliphatic carbocycles. The van der Waals surface area contributed by atoms with Crippen molar-refractivity contribution in [1.82, 2.24) is 25.1 Å². The largest absolute Gasteiger partial charge is 0.507 e. The standard InChI is InChI=1S/C23H27FN6O/c1-23-9-3-4-18(26-23)22(24)19(13-23)29(2)21-8-7-17(27-28-21)16-6-5-15(12-20(16)31)30-11-10-25-14-30/h5-8,10-12,14,18-19,22,26,31H,3-4,9,13H2,1-2H3/t18-,19+,22+,23+/m0/s1. The molecule has 2 bridgehead atoms. The van der Waals surface area contributed by atoms with Crippen LogP contribution in [0.25, 0.3) is 16.9 Å². The Balaban J connectivity index is 1.36. The molecule has 2 saturated heterocycles. The second-order valence-corrected chi connectivity index (χ2v) is 8.98. The minimum atomic E-state index is -0.945. The fourth-order valence-corrected chi connectivity index (χ4v) is 5.03. The monoisotopic (exact) mass is 422 g/mol. The van der Waals surface area contributed by atoms with Crippen LogP contribution in [0.5, 0.6) is 5.75 Å². The molecule has 0 radical (unpaired) electrons. The molecule has 1 aromatic carbocycles. The number of anilines is 1. The van der Waals surface area contributed by atoms with Gasteiger partial charge in [-0.15, -0.1) is 10.2 Å². The Morgan fingerprint density at radius 3 is 2.84 bits per heavy atom. The highest BCUT2D eigenvalue weighted by molar-refractivity contribution is 5.69. The van der Waals surface area contributed by atoms with E-state index < -0.39 is 6.17 Å². The molecule has 2 N–H and O–H groups in total. The molecule has 162 valence electrons. The average Bonchev–Trinajstić information content (AvgIpc) is 3.31. The number of phenols is 1. The van der Waals surface area contributed by atoms with E-state index in [1.807, 2.05) is 47.0 Å². The number of fused-ring (bicyclic) bond motifs is 2. The highest BCUT2D eigenvalue weighted by Crippen LogP contribution is 2.38. The van der Waals surface area contributed by atoms with Gasteiger partial charge in [0.1, 0.15) is 11.9 Å². The van der Waals surface area contributed by atoms with Gasteiger partial charge in [-0.3, -0.25) is 0 Å². The molecule has 8 heteroatoms. The first kappa shape index (κ1) is 19.9. The Kier molecular flexibility index (Phi) is 4.89. The van der Waals surface area contributed by atoms with Gasteiger partial charge in [0.25, 0.3) is 0 Å². The summed E-state index contributed by atoms with van der Waals surface area (Å²) in [6, 6.07) is 8.70. The van der Waals surface area contributed by atoms with Crippen LogP contribution >= 0.6 is 0 Å². The molecule has 0 amide bonds. The van der Waals surface area contributed by atoms with E-state index in [-0.39, 0.29) is 23.4 Å². The number of nitrogens with one attached hydrogen (secondary N) is 1. The Hall–Kier alpha value is -3.00. The summed E-state index contributed by atoms with van der Waals surface area (Å²) in [6.45, 7) is 2.19. The van der Waals surface area contributed by atoms with Crippen LogP contribution in [0.15, 0.2) is 49.1 Å². The van der Waals surface area contributed by atoms with Crippen LogP contribution in [0, 0.1) is 0 Å². The van der Waals surface area contributed by atoms with E-state index in [0.29, 0.717) is 17.1 Å². The van der Waals surface area contributed by atoms with Crippen LogP contribution < -0.4 is 10.2 Å². The van der Waals surface area contributed by atoms with E-state index in [0.717, 1.165) is 31.4 Å². The van der Waals surface area contributed by atoms with Crippen LogP contribution in [0.3, 0.4) is 0 Å². The average molecular weight is 423 g/mol. The Bertz CT molecular complexity index is 1060. The summed E-state index contributed by atoms with van der Waals surface area (Å²) in [4.78, 5) is 5.94. The summed E-state index contributed by atoms with van der Waals surface area (Å²) in [5.74, 6) is 0.749. The predicted molar refractivity (Wildman–Crippen MR) is 117 cm³/mol. The van der Waals surface area contributed by atoms with Crippen molar-refractivity contribution < 1.29 is 9.50 Å². The minimum Gasteiger partial charge on any atom is -0.507 e. The van der Waals surface area contributed by atoms with E-state index in [1.165, 1.54) is 0 Å². The second-order valence-electron chi connectivity index (χ2n) is 8.98. The van der Waals surface area contributed by atoms with Gasteiger partial charge in [-0.1, -0.05) is 0 Å². The minimum absolute atomic E-state index is 0.0272. The second kappa shape index (κ2) is 7.60. The molecule has 0 saturated carbocycles. The van der Waals surface area contributed by atoms with Crippen LogP contribution in [0.1, 0.15) is 32.6 Å². The van der Waals surface area contributed by atoms with Crippen molar-refractivity contribution in [2.24, 2.45) is 0 Å². The normalized spacial score (nSPS) is 27.8. The SMILES string of the molecule is CN(c1ccc(-c2ccc(-n3ccnc3)cc2O)nn1)[C@@H]1C[C@@]2(C)CCC[C@H](N2)[C@H]1F. The summed E-state index contributed by atoms with van der Waals surface area (Å²) in [6.07, 6.45) is 7.98. The van der Waals surface area contributed by atoms with Crippen molar-refractivity contribution in [3.05, 3.63) is 49.1 Å². The van der Waals surface area contributed by atoms with Gasteiger partial charge in [0.2, 0.25) is 0 Å². The maximum Gasteiger partial charge on any atom is 0.151 e. The zero-order valence-electron chi connectivity index (χ0n) is 17.7. The first-order valence-corrected chi connectivity index (χ1v) is 10.7. The Labute approximate surface area is 180 Å². The molecule has 4 atom stereocenters. The molecule has 0 unspecified atom stereocenters. The number of aromatic nitrogens is 4. The van der Waals surface area contributed by atoms with E-state index in [1.54, 1.807) is 18.6 Å². The third-order valence-electron chi connectivity index (χ3n) is 6.76. The van der Waals surface area contributed by atoms with Gasteiger partial charge < -0.3 is 19.9 Å². The fraction of sp³-hybridized carbons (Fsp3) is 0.435. The van der Waals surface area contributed by atoms with Crippen LogP contribution in [0.4, 0.5) is 10.2 Å². The van der Waals surface area contributed by atoms with E-state index in [9.17, 15) is 5.11 Å². The number of nitrogens with zero attached hydrogens (tertiary/aromatic N) is 5.